The van der Waals surface area contributed by atoms with Crippen molar-refractivity contribution in [3.05, 3.63) is 35.9 Å². The number of rotatable bonds is 11. The third kappa shape index (κ3) is 9.12. The first-order valence-corrected chi connectivity index (χ1v) is 11.4. The first-order valence-electron chi connectivity index (χ1n) is 10.6. The van der Waals surface area contributed by atoms with Crippen molar-refractivity contribution in [2.45, 2.75) is 64.8 Å². The van der Waals surface area contributed by atoms with Crippen molar-refractivity contribution in [2.75, 3.05) is 7.05 Å². The maximum Gasteiger partial charge on any atom is 0.257 e. The zero-order chi connectivity index (χ0) is 23.6. The number of amides is 3. The lowest BCUT2D eigenvalue weighted by Gasteiger charge is -2.35. The molecule has 0 fully saturated rings. The van der Waals surface area contributed by atoms with E-state index in [1.165, 1.54) is 14.0 Å². The Balaban J connectivity index is 3.25. The summed E-state index contributed by atoms with van der Waals surface area (Å²) < 4.78 is 0. The zero-order valence-electron chi connectivity index (χ0n) is 19.3. The van der Waals surface area contributed by atoms with Crippen LogP contribution in [0.1, 0.15) is 53.0 Å². The Labute approximate surface area is 189 Å². The molecule has 172 valence electrons. The smallest absolute Gasteiger partial charge is 0.257 e. The van der Waals surface area contributed by atoms with E-state index in [0.29, 0.717) is 0 Å². The molecule has 31 heavy (non-hydrogen) atoms. The molecule has 0 aromatic heterocycles. The van der Waals surface area contributed by atoms with Crippen LogP contribution in [0.15, 0.2) is 30.3 Å². The van der Waals surface area contributed by atoms with Crippen molar-refractivity contribution < 1.29 is 19.2 Å². The summed E-state index contributed by atoms with van der Waals surface area (Å²) in [6.07, 6.45) is 0.766. The molecule has 0 heterocycles. The fraction of sp³-hybridized carbons (Fsp3) is 0.565. The van der Waals surface area contributed by atoms with Crippen LogP contribution in [0.4, 0.5) is 0 Å². The van der Waals surface area contributed by atoms with E-state index in [1.807, 2.05) is 58.0 Å². The van der Waals surface area contributed by atoms with Crippen molar-refractivity contribution in [1.82, 2.24) is 16.0 Å². The number of benzene rings is 1. The molecule has 3 amide bonds. The molecule has 8 heteroatoms. The minimum Gasteiger partial charge on any atom is -0.357 e. The Kier molecular flexibility index (Phi) is 10.8. The summed E-state index contributed by atoms with van der Waals surface area (Å²) in [6, 6.07) is 8.49. The monoisotopic (exact) mass is 449 g/mol. The van der Waals surface area contributed by atoms with Crippen LogP contribution in [0, 0.1) is 11.8 Å². The maximum absolute atomic E-state index is 13.5. The Morgan fingerprint density at radius 3 is 2.10 bits per heavy atom. The summed E-state index contributed by atoms with van der Waals surface area (Å²) in [5, 5.41) is 7.88. The van der Waals surface area contributed by atoms with E-state index in [1.54, 1.807) is 0 Å². The second-order valence-electron chi connectivity index (χ2n) is 8.49. The van der Waals surface area contributed by atoms with E-state index in [0.717, 1.165) is 17.3 Å². The highest BCUT2D eigenvalue weighted by molar-refractivity contribution is 8.15. The van der Waals surface area contributed by atoms with Crippen LogP contribution in [0.5, 0.6) is 0 Å². The normalized spacial score (nSPS) is 13.9. The minimum atomic E-state index is -1.49. The van der Waals surface area contributed by atoms with E-state index < -0.39 is 16.8 Å². The highest BCUT2D eigenvalue weighted by atomic mass is 32.2. The van der Waals surface area contributed by atoms with Crippen molar-refractivity contribution in [1.29, 1.82) is 0 Å². The van der Waals surface area contributed by atoms with Crippen LogP contribution < -0.4 is 16.0 Å². The lowest BCUT2D eigenvalue weighted by molar-refractivity contribution is -0.133. The Bertz CT molecular complexity index is 767. The number of likely N-dealkylation sites (N-methyl/N-ethyl adjacent to an activating group) is 1. The second kappa shape index (κ2) is 12.5. The molecule has 0 bridgehead atoms. The molecule has 0 aliphatic carbocycles. The van der Waals surface area contributed by atoms with E-state index in [2.05, 4.69) is 16.0 Å². The summed E-state index contributed by atoms with van der Waals surface area (Å²) in [7, 11) is 1.50. The largest absolute Gasteiger partial charge is 0.357 e. The topological polar surface area (TPSA) is 104 Å². The SMILES string of the molecule is CNC(=O)[C@H](Cc1ccccc1)NC(=O)[C@](CC(C)C)(NC(=O)CC(C)C)SC(C)=O. The highest BCUT2D eigenvalue weighted by Crippen LogP contribution is 2.31. The molecular weight excluding hydrogens is 414 g/mol. The average molecular weight is 450 g/mol. The molecule has 3 N–H and O–H groups in total. The van der Waals surface area contributed by atoms with Crippen molar-refractivity contribution >= 4 is 34.6 Å². The molecule has 0 unspecified atom stereocenters. The molecule has 0 aliphatic rings. The van der Waals surface area contributed by atoms with Crippen LogP contribution in [0.2, 0.25) is 0 Å². The lowest BCUT2D eigenvalue weighted by atomic mass is 9.99. The zero-order valence-corrected chi connectivity index (χ0v) is 20.1. The molecule has 0 saturated carbocycles. The van der Waals surface area contributed by atoms with Crippen LogP contribution in [-0.2, 0) is 25.6 Å². The number of nitrogens with one attached hydrogen (secondary N) is 3. The molecule has 0 radical (unpaired) electrons. The number of carbonyl (C=O) groups excluding carboxylic acids is 4. The minimum absolute atomic E-state index is 0.0181. The molecular formula is C23H35N3O4S. The number of thioether (sulfide) groups is 1. The van der Waals surface area contributed by atoms with Crippen LogP contribution in [-0.4, -0.2) is 40.8 Å². The van der Waals surface area contributed by atoms with Gasteiger partial charge in [0.15, 0.2) is 9.99 Å². The van der Waals surface area contributed by atoms with Crippen molar-refractivity contribution in [3.8, 4) is 0 Å². The molecule has 0 saturated heterocycles. The van der Waals surface area contributed by atoms with Gasteiger partial charge in [-0.05, 0) is 23.8 Å². The molecule has 2 atom stereocenters. The molecule has 7 nitrogen and oxygen atoms in total. The summed E-state index contributed by atoms with van der Waals surface area (Å²) in [6.45, 7) is 9.00. The summed E-state index contributed by atoms with van der Waals surface area (Å²) >= 11 is 0.792. The fourth-order valence-electron chi connectivity index (χ4n) is 3.29. The molecule has 1 rings (SSSR count). The first kappa shape index (κ1) is 26.7. The van der Waals surface area contributed by atoms with Crippen LogP contribution >= 0.6 is 11.8 Å². The predicted molar refractivity (Wildman–Crippen MR) is 124 cm³/mol. The van der Waals surface area contributed by atoms with Gasteiger partial charge in [-0.1, -0.05) is 69.8 Å². The van der Waals surface area contributed by atoms with Gasteiger partial charge in [0.1, 0.15) is 6.04 Å². The Morgan fingerprint density at radius 1 is 1.00 bits per heavy atom. The van der Waals surface area contributed by atoms with Crippen molar-refractivity contribution in [2.24, 2.45) is 11.8 Å². The summed E-state index contributed by atoms with van der Waals surface area (Å²) in [5.74, 6) is -1.09. The van der Waals surface area contributed by atoms with Gasteiger partial charge >= 0.3 is 0 Å². The van der Waals surface area contributed by atoms with Crippen LogP contribution in [0.3, 0.4) is 0 Å². The molecule has 0 aliphatic heterocycles. The number of hydrogen-bond donors (Lipinski definition) is 3. The van der Waals surface area contributed by atoms with Gasteiger partial charge in [-0.2, -0.15) is 0 Å². The number of carbonyl (C=O) groups is 4. The van der Waals surface area contributed by atoms with Crippen molar-refractivity contribution in [3.63, 3.8) is 0 Å². The van der Waals surface area contributed by atoms with Gasteiger partial charge in [0.2, 0.25) is 11.8 Å². The summed E-state index contributed by atoms with van der Waals surface area (Å²) in [5.41, 5.74) is 0.883. The summed E-state index contributed by atoms with van der Waals surface area (Å²) in [4.78, 5) is 49.2. The first-order chi connectivity index (χ1) is 14.5. The fourth-order valence-corrected chi connectivity index (χ4v) is 4.51. The molecule has 1 aromatic rings. The van der Waals surface area contributed by atoms with Gasteiger partial charge < -0.3 is 16.0 Å². The standard InChI is InChI=1S/C23H35N3O4S/c1-15(2)12-20(28)26-23(14-16(3)4,31-17(5)27)22(30)25-19(21(29)24-6)13-18-10-8-7-9-11-18/h7-11,15-16,19H,12-14H2,1-6H3,(H,24,29)(H,25,30)(H,26,28)/t19-,23+/m0/s1. The quantitative estimate of drug-likeness (QED) is 0.451. The van der Waals surface area contributed by atoms with E-state index >= 15 is 0 Å². The van der Waals surface area contributed by atoms with Gasteiger partial charge in [-0.25, -0.2) is 0 Å². The lowest BCUT2D eigenvalue weighted by Crippen LogP contribution is -2.61. The van der Waals surface area contributed by atoms with E-state index in [-0.39, 0.29) is 48.0 Å². The second-order valence-corrected chi connectivity index (χ2v) is 9.97. The van der Waals surface area contributed by atoms with Gasteiger partial charge in [0, 0.05) is 26.8 Å². The Hall–Kier alpha value is -2.35. The van der Waals surface area contributed by atoms with Gasteiger partial charge in [0.05, 0.1) is 0 Å². The van der Waals surface area contributed by atoms with Gasteiger partial charge in [-0.3, -0.25) is 19.2 Å². The van der Waals surface area contributed by atoms with Gasteiger partial charge in [-0.15, -0.1) is 0 Å². The van der Waals surface area contributed by atoms with E-state index in [4.69, 9.17) is 0 Å². The number of hydrogen-bond acceptors (Lipinski definition) is 5. The van der Waals surface area contributed by atoms with E-state index in [9.17, 15) is 19.2 Å². The molecule has 0 spiro atoms. The Morgan fingerprint density at radius 2 is 1.61 bits per heavy atom. The molecule has 1 aromatic carbocycles. The predicted octanol–water partition coefficient (Wildman–Crippen LogP) is 2.64. The van der Waals surface area contributed by atoms with Crippen LogP contribution in [0.25, 0.3) is 0 Å². The highest BCUT2D eigenvalue weighted by Gasteiger charge is 2.44. The van der Waals surface area contributed by atoms with Gasteiger partial charge in [0.25, 0.3) is 5.91 Å². The third-order valence-corrected chi connectivity index (χ3v) is 5.56. The average Bonchev–Trinajstić information content (AvgIpc) is 2.65. The maximum atomic E-state index is 13.5. The third-order valence-electron chi connectivity index (χ3n) is 4.47.